The quantitative estimate of drug-likeness (QED) is 0.881. The van der Waals surface area contributed by atoms with Gasteiger partial charge >= 0.3 is 6.18 Å². The van der Waals surface area contributed by atoms with Crippen LogP contribution in [-0.2, 0) is 4.79 Å². The van der Waals surface area contributed by atoms with E-state index in [0.717, 1.165) is 0 Å². The van der Waals surface area contributed by atoms with Crippen LogP contribution in [0.5, 0.6) is 0 Å². The Morgan fingerprint density at radius 3 is 2.45 bits per heavy atom. The molecule has 1 fully saturated rings. The van der Waals surface area contributed by atoms with Gasteiger partial charge < -0.3 is 10.6 Å². The second-order valence-corrected chi connectivity index (χ2v) is 5.28. The molecule has 9 heteroatoms. The van der Waals surface area contributed by atoms with Crippen LogP contribution < -0.4 is 10.6 Å². The third-order valence-corrected chi connectivity index (χ3v) is 3.95. The molecule has 2 atom stereocenters. The average Bonchev–Trinajstić information content (AvgIpc) is 2.86. The number of aromatic nitrogens is 2. The number of nitrogens with two attached hydrogens (primary N) is 1. The van der Waals surface area contributed by atoms with E-state index in [-0.39, 0.29) is 17.9 Å². The third-order valence-electron chi connectivity index (χ3n) is 3.95. The maximum absolute atomic E-state index is 13.1. The van der Waals surface area contributed by atoms with Crippen molar-refractivity contribution >= 4 is 11.7 Å². The molecule has 0 radical (unpaired) electrons. The maximum Gasteiger partial charge on any atom is 0.394 e. The van der Waals surface area contributed by atoms with Crippen molar-refractivity contribution in [3.63, 3.8) is 0 Å². The Hall–Kier alpha value is -2.37. The number of hydrogen-bond acceptors (Lipinski definition) is 5. The highest BCUT2D eigenvalue weighted by Gasteiger charge is 2.52. The first-order chi connectivity index (χ1) is 10.2. The first kappa shape index (κ1) is 16.0. The summed E-state index contributed by atoms with van der Waals surface area (Å²) in [6.45, 7) is 2.60. The zero-order valence-corrected chi connectivity index (χ0v) is 12.0. The average molecular weight is 313 g/mol. The smallest absolute Gasteiger partial charge is 0.369 e. The van der Waals surface area contributed by atoms with Gasteiger partial charge in [0.1, 0.15) is 11.6 Å². The number of hydrogen-bond donors (Lipinski definition) is 1. The molecule has 0 bridgehead atoms. The van der Waals surface area contributed by atoms with Crippen molar-refractivity contribution < 1.29 is 18.0 Å². The van der Waals surface area contributed by atoms with Crippen LogP contribution in [0, 0.1) is 37.0 Å². The number of carbonyl (C=O) groups excluding carboxylic acids is 1. The molecule has 0 aromatic carbocycles. The number of carbonyl (C=O) groups is 1. The van der Waals surface area contributed by atoms with E-state index in [0.29, 0.717) is 11.3 Å². The van der Waals surface area contributed by atoms with Gasteiger partial charge in [0.25, 0.3) is 0 Å². The van der Waals surface area contributed by atoms with Crippen molar-refractivity contribution in [3.05, 3.63) is 16.8 Å². The SMILES string of the molecule is Cc1nnc(N2C[C@@H](C(F)(F)F)[C@H](C(N)=O)C2)c(C#N)c1C. The van der Waals surface area contributed by atoms with Gasteiger partial charge in [-0.15, -0.1) is 5.10 Å². The van der Waals surface area contributed by atoms with Gasteiger partial charge in [0, 0.05) is 13.1 Å². The van der Waals surface area contributed by atoms with Gasteiger partial charge in [-0.25, -0.2) is 0 Å². The fourth-order valence-corrected chi connectivity index (χ4v) is 2.55. The number of alkyl halides is 3. The van der Waals surface area contributed by atoms with Crippen molar-refractivity contribution in [2.24, 2.45) is 17.6 Å². The van der Waals surface area contributed by atoms with Crippen LogP contribution in [-0.4, -0.2) is 35.4 Å². The number of nitrogens with zero attached hydrogens (tertiary/aromatic N) is 4. The van der Waals surface area contributed by atoms with Gasteiger partial charge in [-0.1, -0.05) is 0 Å². The minimum atomic E-state index is -4.55. The Morgan fingerprint density at radius 1 is 1.36 bits per heavy atom. The minimum Gasteiger partial charge on any atom is -0.369 e. The Bertz CT molecular complexity index is 652. The van der Waals surface area contributed by atoms with Crippen LogP contribution in [0.1, 0.15) is 16.8 Å². The molecule has 1 aliphatic heterocycles. The molecule has 2 rings (SSSR count). The summed E-state index contributed by atoms with van der Waals surface area (Å²) >= 11 is 0. The Balaban J connectivity index is 2.42. The molecular formula is C13H14F3N5O. The zero-order valence-electron chi connectivity index (χ0n) is 12.0. The highest BCUT2D eigenvalue weighted by atomic mass is 19.4. The molecule has 0 aliphatic carbocycles. The highest BCUT2D eigenvalue weighted by Crippen LogP contribution is 2.39. The Kier molecular flexibility index (Phi) is 3.96. The minimum absolute atomic E-state index is 0.0589. The summed E-state index contributed by atoms with van der Waals surface area (Å²) in [4.78, 5) is 12.6. The van der Waals surface area contributed by atoms with Crippen molar-refractivity contribution in [2.75, 3.05) is 18.0 Å². The molecule has 1 aliphatic rings. The third kappa shape index (κ3) is 2.68. The van der Waals surface area contributed by atoms with Gasteiger partial charge in [-0.2, -0.15) is 23.5 Å². The first-order valence-electron chi connectivity index (χ1n) is 6.51. The lowest BCUT2D eigenvalue weighted by Gasteiger charge is -2.20. The summed E-state index contributed by atoms with van der Waals surface area (Å²) in [6, 6.07) is 1.94. The van der Waals surface area contributed by atoms with Crippen LogP contribution >= 0.6 is 0 Å². The van der Waals surface area contributed by atoms with Crippen molar-refractivity contribution in [3.8, 4) is 6.07 Å². The second kappa shape index (κ2) is 5.44. The molecule has 6 nitrogen and oxygen atoms in total. The molecule has 0 unspecified atom stereocenters. The van der Waals surface area contributed by atoms with E-state index in [1.54, 1.807) is 13.8 Å². The van der Waals surface area contributed by atoms with Crippen molar-refractivity contribution in [1.29, 1.82) is 5.26 Å². The first-order valence-corrected chi connectivity index (χ1v) is 6.51. The number of rotatable bonds is 2. The number of nitriles is 1. The number of amides is 1. The van der Waals surface area contributed by atoms with Crippen LogP contribution in [0.3, 0.4) is 0 Å². The van der Waals surface area contributed by atoms with E-state index in [1.165, 1.54) is 4.90 Å². The fourth-order valence-electron chi connectivity index (χ4n) is 2.55. The largest absolute Gasteiger partial charge is 0.394 e. The van der Waals surface area contributed by atoms with E-state index in [9.17, 15) is 23.2 Å². The number of aryl methyl sites for hydroxylation is 1. The molecule has 0 spiro atoms. The molecular weight excluding hydrogens is 299 g/mol. The number of anilines is 1. The predicted octanol–water partition coefficient (Wildman–Crippen LogP) is 1.07. The molecule has 1 saturated heterocycles. The fraction of sp³-hybridized carbons (Fsp3) is 0.538. The molecule has 0 saturated carbocycles. The lowest BCUT2D eigenvalue weighted by Crippen LogP contribution is -2.37. The van der Waals surface area contributed by atoms with E-state index in [2.05, 4.69) is 10.2 Å². The summed E-state index contributed by atoms with van der Waals surface area (Å²) < 4.78 is 39.2. The van der Waals surface area contributed by atoms with Crippen molar-refractivity contribution in [2.45, 2.75) is 20.0 Å². The summed E-state index contributed by atoms with van der Waals surface area (Å²) in [5.41, 5.74) is 6.33. The molecule has 1 aromatic heterocycles. The monoisotopic (exact) mass is 313 g/mol. The second-order valence-electron chi connectivity index (χ2n) is 5.28. The van der Waals surface area contributed by atoms with Crippen LogP contribution in [0.25, 0.3) is 0 Å². The highest BCUT2D eigenvalue weighted by molar-refractivity contribution is 5.79. The van der Waals surface area contributed by atoms with Crippen molar-refractivity contribution in [1.82, 2.24) is 10.2 Å². The topological polar surface area (TPSA) is 95.9 Å². The normalized spacial score (nSPS) is 21.7. The number of primary amides is 1. The van der Waals surface area contributed by atoms with E-state index >= 15 is 0 Å². The number of halogens is 3. The lowest BCUT2D eigenvalue weighted by atomic mass is 9.95. The molecule has 2 N–H and O–H groups in total. The standard InChI is InChI=1S/C13H14F3N5O/c1-6-7(2)19-20-12(8(6)3-17)21-4-9(11(18)22)10(5-21)13(14,15)16/h9-10H,4-5H2,1-2H3,(H2,18,22)/t9-,10-/m1/s1. The van der Waals surface area contributed by atoms with Gasteiger partial charge in [-0.3, -0.25) is 4.79 Å². The predicted molar refractivity (Wildman–Crippen MR) is 70.7 cm³/mol. The zero-order chi connectivity index (χ0) is 16.7. The van der Waals surface area contributed by atoms with Gasteiger partial charge in [0.15, 0.2) is 5.82 Å². The summed E-state index contributed by atoms with van der Waals surface area (Å²) in [5, 5.41) is 16.9. The lowest BCUT2D eigenvalue weighted by molar-refractivity contribution is -0.181. The van der Waals surface area contributed by atoms with E-state index in [4.69, 9.17) is 5.73 Å². The maximum atomic E-state index is 13.1. The van der Waals surface area contributed by atoms with E-state index < -0.39 is 30.5 Å². The molecule has 22 heavy (non-hydrogen) atoms. The molecule has 1 aromatic rings. The summed E-state index contributed by atoms with van der Waals surface area (Å²) in [5.74, 6) is -4.20. The molecule has 118 valence electrons. The molecule has 2 heterocycles. The summed E-state index contributed by atoms with van der Waals surface area (Å²) in [7, 11) is 0. The van der Waals surface area contributed by atoms with Gasteiger partial charge in [0.05, 0.1) is 17.5 Å². The Labute approximate surface area is 124 Å². The van der Waals surface area contributed by atoms with Gasteiger partial charge in [-0.05, 0) is 19.4 Å². The Morgan fingerprint density at radius 2 is 2.00 bits per heavy atom. The molecule has 1 amide bonds. The summed E-state index contributed by atoms with van der Waals surface area (Å²) in [6.07, 6.45) is -4.55. The van der Waals surface area contributed by atoms with Gasteiger partial charge in [0.2, 0.25) is 5.91 Å². The van der Waals surface area contributed by atoms with Crippen LogP contribution in [0.4, 0.5) is 19.0 Å². The van der Waals surface area contributed by atoms with E-state index in [1.807, 2.05) is 6.07 Å². The van der Waals surface area contributed by atoms with Crippen LogP contribution in [0.2, 0.25) is 0 Å². The van der Waals surface area contributed by atoms with Crippen LogP contribution in [0.15, 0.2) is 0 Å².